The molecule has 9 heteroatoms. The molecule has 7 nitrogen and oxygen atoms in total. The summed E-state index contributed by atoms with van der Waals surface area (Å²) < 4.78 is 25.5. The molecule has 26 heavy (non-hydrogen) atoms. The molecule has 1 aromatic carbocycles. The molecule has 0 amide bonds. The SMILES string of the molecule is CN=C(NCCc1nc(C)c(C)s1)NCc1ccccc1NS(C)(=O)=O. The quantitative estimate of drug-likeness (QED) is 0.493. The van der Waals surface area contributed by atoms with Crippen molar-refractivity contribution in [1.82, 2.24) is 15.6 Å². The number of aryl methyl sites for hydroxylation is 2. The molecule has 3 N–H and O–H groups in total. The zero-order chi connectivity index (χ0) is 19.2. The molecule has 0 bridgehead atoms. The molecule has 0 saturated carbocycles. The summed E-state index contributed by atoms with van der Waals surface area (Å²) in [6.45, 7) is 5.26. The molecule has 1 aromatic heterocycles. The van der Waals surface area contributed by atoms with Crippen molar-refractivity contribution in [3.63, 3.8) is 0 Å². The highest BCUT2D eigenvalue weighted by atomic mass is 32.2. The zero-order valence-electron chi connectivity index (χ0n) is 15.5. The lowest BCUT2D eigenvalue weighted by Gasteiger charge is -2.14. The van der Waals surface area contributed by atoms with Gasteiger partial charge in [0.1, 0.15) is 0 Å². The molecule has 1 heterocycles. The monoisotopic (exact) mass is 395 g/mol. The summed E-state index contributed by atoms with van der Waals surface area (Å²) in [5.41, 5.74) is 2.49. The van der Waals surface area contributed by atoms with Gasteiger partial charge in [-0.25, -0.2) is 13.4 Å². The summed E-state index contributed by atoms with van der Waals surface area (Å²) in [5, 5.41) is 7.56. The Hall–Kier alpha value is -2.13. The van der Waals surface area contributed by atoms with E-state index in [1.165, 1.54) is 4.88 Å². The molecule has 142 valence electrons. The first-order chi connectivity index (χ1) is 12.3. The first kappa shape index (κ1) is 20.2. The van der Waals surface area contributed by atoms with Crippen LogP contribution in [0.15, 0.2) is 29.3 Å². The Labute approximate surface area is 159 Å². The van der Waals surface area contributed by atoms with Crippen LogP contribution in [0.4, 0.5) is 5.69 Å². The second kappa shape index (κ2) is 9.00. The van der Waals surface area contributed by atoms with E-state index in [9.17, 15) is 8.42 Å². The highest BCUT2D eigenvalue weighted by Gasteiger charge is 2.08. The fourth-order valence-electron chi connectivity index (χ4n) is 2.31. The van der Waals surface area contributed by atoms with E-state index in [0.717, 1.165) is 35.5 Å². The van der Waals surface area contributed by atoms with E-state index in [4.69, 9.17) is 0 Å². The molecule has 0 spiro atoms. The predicted molar refractivity (Wildman–Crippen MR) is 108 cm³/mol. The number of sulfonamides is 1. The molecule has 0 aliphatic heterocycles. The molecule has 2 aromatic rings. The van der Waals surface area contributed by atoms with E-state index in [1.807, 2.05) is 19.1 Å². The smallest absolute Gasteiger partial charge is 0.229 e. The van der Waals surface area contributed by atoms with Gasteiger partial charge in [-0.1, -0.05) is 18.2 Å². The molecule has 0 aliphatic rings. The second-order valence-electron chi connectivity index (χ2n) is 5.88. The van der Waals surface area contributed by atoms with Gasteiger partial charge in [0.05, 0.1) is 22.6 Å². The van der Waals surface area contributed by atoms with Gasteiger partial charge < -0.3 is 10.6 Å². The first-order valence-electron chi connectivity index (χ1n) is 8.21. The van der Waals surface area contributed by atoms with E-state index in [0.29, 0.717) is 18.2 Å². The fourth-order valence-corrected chi connectivity index (χ4v) is 3.84. The van der Waals surface area contributed by atoms with Crippen LogP contribution in [-0.2, 0) is 23.0 Å². The molecule has 2 rings (SSSR count). The molecule has 0 fully saturated rings. The molecule has 0 radical (unpaired) electrons. The Morgan fingerprint density at radius 2 is 1.96 bits per heavy atom. The van der Waals surface area contributed by atoms with Crippen molar-refractivity contribution in [2.45, 2.75) is 26.8 Å². The maximum absolute atomic E-state index is 11.5. The van der Waals surface area contributed by atoms with Crippen LogP contribution < -0.4 is 15.4 Å². The lowest BCUT2D eigenvalue weighted by Crippen LogP contribution is -2.38. The third-order valence-electron chi connectivity index (χ3n) is 3.69. The van der Waals surface area contributed by atoms with Crippen LogP contribution in [0.25, 0.3) is 0 Å². The van der Waals surface area contributed by atoms with Crippen LogP contribution in [0.2, 0.25) is 0 Å². The number of para-hydroxylation sites is 1. The maximum Gasteiger partial charge on any atom is 0.229 e. The highest BCUT2D eigenvalue weighted by Crippen LogP contribution is 2.17. The Kier molecular flexibility index (Phi) is 6.98. The van der Waals surface area contributed by atoms with Crippen molar-refractivity contribution in [2.75, 3.05) is 24.6 Å². The van der Waals surface area contributed by atoms with Gasteiger partial charge in [-0.15, -0.1) is 11.3 Å². The van der Waals surface area contributed by atoms with Crippen molar-refractivity contribution < 1.29 is 8.42 Å². The molecular weight excluding hydrogens is 370 g/mol. The fraction of sp³-hybridized carbons (Fsp3) is 0.412. The maximum atomic E-state index is 11.5. The van der Waals surface area contributed by atoms with E-state index in [2.05, 4.69) is 32.3 Å². The minimum absolute atomic E-state index is 0.452. The van der Waals surface area contributed by atoms with Crippen LogP contribution in [0, 0.1) is 13.8 Å². The van der Waals surface area contributed by atoms with Crippen molar-refractivity contribution >= 4 is 33.0 Å². The number of hydrogen-bond donors (Lipinski definition) is 3. The number of nitrogens with zero attached hydrogens (tertiary/aromatic N) is 2. The predicted octanol–water partition coefficient (Wildman–Crippen LogP) is 2.04. The van der Waals surface area contributed by atoms with Gasteiger partial charge in [0, 0.05) is 31.4 Å². The van der Waals surface area contributed by atoms with Crippen molar-refractivity contribution in [3.8, 4) is 0 Å². The second-order valence-corrected chi connectivity index (χ2v) is 8.92. The van der Waals surface area contributed by atoms with E-state index >= 15 is 0 Å². The highest BCUT2D eigenvalue weighted by molar-refractivity contribution is 7.92. The average molecular weight is 396 g/mol. The van der Waals surface area contributed by atoms with Gasteiger partial charge in [-0.05, 0) is 25.5 Å². The average Bonchev–Trinajstić information content (AvgIpc) is 2.88. The van der Waals surface area contributed by atoms with Gasteiger partial charge in [0.15, 0.2) is 5.96 Å². The third-order valence-corrected chi connectivity index (χ3v) is 5.41. The van der Waals surface area contributed by atoms with E-state index in [1.54, 1.807) is 30.5 Å². The van der Waals surface area contributed by atoms with Gasteiger partial charge in [-0.3, -0.25) is 9.71 Å². The van der Waals surface area contributed by atoms with Crippen molar-refractivity contribution in [3.05, 3.63) is 45.4 Å². The first-order valence-corrected chi connectivity index (χ1v) is 10.9. The molecule has 0 unspecified atom stereocenters. The van der Waals surface area contributed by atoms with Gasteiger partial charge >= 0.3 is 0 Å². The number of rotatable bonds is 7. The zero-order valence-corrected chi connectivity index (χ0v) is 17.1. The lowest BCUT2D eigenvalue weighted by molar-refractivity contribution is 0.606. The summed E-state index contributed by atoms with van der Waals surface area (Å²) >= 11 is 1.71. The third kappa shape index (κ3) is 6.30. The number of aliphatic imine (C=N–C) groups is 1. The van der Waals surface area contributed by atoms with Crippen LogP contribution in [-0.4, -0.2) is 39.2 Å². The normalized spacial score (nSPS) is 12.1. The number of thiazole rings is 1. The summed E-state index contributed by atoms with van der Waals surface area (Å²) in [5.74, 6) is 0.657. The summed E-state index contributed by atoms with van der Waals surface area (Å²) in [7, 11) is -1.62. The summed E-state index contributed by atoms with van der Waals surface area (Å²) in [6, 6.07) is 7.27. The lowest BCUT2D eigenvalue weighted by atomic mass is 10.2. The largest absolute Gasteiger partial charge is 0.356 e. The van der Waals surface area contributed by atoms with Crippen LogP contribution in [0.5, 0.6) is 0 Å². The van der Waals surface area contributed by atoms with Crippen LogP contribution >= 0.6 is 11.3 Å². The number of guanidine groups is 1. The van der Waals surface area contributed by atoms with Gasteiger partial charge in [0.25, 0.3) is 0 Å². The number of benzene rings is 1. The minimum Gasteiger partial charge on any atom is -0.356 e. The molecular formula is C17H25N5O2S2. The Balaban J connectivity index is 1.89. The summed E-state index contributed by atoms with van der Waals surface area (Å²) in [4.78, 5) is 9.97. The van der Waals surface area contributed by atoms with Crippen LogP contribution in [0.1, 0.15) is 21.1 Å². The number of aromatic nitrogens is 1. The topological polar surface area (TPSA) is 95.5 Å². The van der Waals surface area contributed by atoms with E-state index in [-0.39, 0.29) is 0 Å². The Morgan fingerprint density at radius 1 is 1.23 bits per heavy atom. The number of anilines is 1. The van der Waals surface area contributed by atoms with Gasteiger partial charge in [-0.2, -0.15) is 0 Å². The van der Waals surface area contributed by atoms with Crippen molar-refractivity contribution in [1.29, 1.82) is 0 Å². The molecule has 0 atom stereocenters. The number of hydrogen-bond acceptors (Lipinski definition) is 5. The molecule has 0 aliphatic carbocycles. The number of nitrogens with one attached hydrogen (secondary N) is 3. The standard InChI is InChI=1S/C17H25N5O2S2/c1-12-13(2)25-16(21-12)9-10-19-17(18-3)20-11-14-7-5-6-8-15(14)22-26(4,23)24/h5-8,22H,9-11H2,1-4H3,(H2,18,19,20). The van der Waals surface area contributed by atoms with Gasteiger partial charge in [0.2, 0.25) is 10.0 Å². The molecule has 0 saturated heterocycles. The minimum atomic E-state index is -3.32. The summed E-state index contributed by atoms with van der Waals surface area (Å²) in [6.07, 6.45) is 1.96. The van der Waals surface area contributed by atoms with Crippen molar-refractivity contribution in [2.24, 2.45) is 4.99 Å². The van der Waals surface area contributed by atoms with E-state index < -0.39 is 10.0 Å². The Bertz CT molecular complexity index is 856. The Morgan fingerprint density at radius 3 is 2.58 bits per heavy atom. The van der Waals surface area contributed by atoms with Crippen LogP contribution in [0.3, 0.4) is 0 Å².